The lowest BCUT2D eigenvalue weighted by Gasteiger charge is -2.04. The van der Waals surface area contributed by atoms with Gasteiger partial charge in [0.15, 0.2) is 0 Å². The quantitative estimate of drug-likeness (QED) is 0.175. The summed E-state index contributed by atoms with van der Waals surface area (Å²) in [5, 5.41) is 8.72. The van der Waals surface area contributed by atoms with Crippen LogP contribution < -0.4 is 0 Å². The van der Waals surface area contributed by atoms with Gasteiger partial charge >= 0.3 is 5.97 Å². The Hall–Kier alpha value is -0.570. The molecule has 0 saturated heterocycles. The summed E-state index contributed by atoms with van der Waals surface area (Å²) in [5.41, 5.74) is 0. The molecule has 3 nitrogen and oxygen atoms in total. The summed E-state index contributed by atoms with van der Waals surface area (Å²) in [4.78, 5) is 11.0. The van der Waals surface area contributed by atoms with Crippen LogP contribution in [0.5, 0.6) is 0 Å². The monoisotopic (exact) mass is 370 g/mol. The molecule has 1 N–H and O–H groups in total. The van der Waals surface area contributed by atoms with Gasteiger partial charge in [-0.1, -0.05) is 109 Å². The van der Waals surface area contributed by atoms with Crippen molar-refractivity contribution in [2.45, 2.75) is 128 Å². The first-order chi connectivity index (χ1) is 12.8. The zero-order valence-electron chi connectivity index (χ0n) is 17.6. The normalized spacial score (nSPS) is 11.0. The third-order valence-corrected chi connectivity index (χ3v) is 5.27. The molecule has 0 radical (unpaired) electrons. The Balaban J connectivity index is 3.00. The molecule has 0 atom stereocenters. The highest BCUT2D eigenvalue weighted by molar-refractivity contribution is 5.68. The second-order valence-corrected chi connectivity index (χ2v) is 7.77. The molecule has 0 aliphatic heterocycles. The molecule has 0 spiro atoms. The molecule has 0 aromatic heterocycles. The standard InChI is InChI=1S/C23H46O3/c1-26-23(25)21-19-17-15-13-11-9-7-5-3-2-4-6-8-10-12-14-16-18-20-22-24/h24H,2-22H2,1H3. The van der Waals surface area contributed by atoms with Crippen molar-refractivity contribution in [3.8, 4) is 0 Å². The number of rotatable bonds is 21. The molecule has 0 heterocycles. The highest BCUT2D eigenvalue weighted by Crippen LogP contribution is 2.14. The Bertz CT molecular complexity index is 279. The summed E-state index contributed by atoms with van der Waals surface area (Å²) < 4.78 is 4.64. The Morgan fingerprint density at radius 2 is 0.808 bits per heavy atom. The van der Waals surface area contributed by atoms with Gasteiger partial charge in [0.25, 0.3) is 0 Å². The molecule has 0 unspecified atom stereocenters. The zero-order chi connectivity index (χ0) is 19.1. The number of aliphatic hydroxyl groups is 1. The van der Waals surface area contributed by atoms with E-state index in [1.54, 1.807) is 0 Å². The van der Waals surface area contributed by atoms with Gasteiger partial charge in [-0.3, -0.25) is 4.79 Å². The lowest BCUT2D eigenvalue weighted by atomic mass is 10.0. The number of hydrogen-bond acceptors (Lipinski definition) is 3. The summed E-state index contributed by atoms with van der Waals surface area (Å²) >= 11 is 0. The second kappa shape index (κ2) is 22.5. The molecular formula is C23H46O3. The van der Waals surface area contributed by atoms with Gasteiger partial charge in [0.2, 0.25) is 0 Å². The number of aliphatic hydroxyl groups excluding tert-OH is 1. The van der Waals surface area contributed by atoms with Crippen molar-refractivity contribution in [2.24, 2.45) is 0 Å². The van der Waals surface area contributed by atoms with Crippen LogP contribution in [0, 0.1) is 0 Å². The van der Waals surface area contributed by atoms with Gasteiger partial charge in [0.1, 0.15) is 0 Å². The van der Waals surface area contributed by atoms with Crippen molar-refractivity contribution in [1.29, 1.82) is 0 Å². The van der Waals surface area contributed by atoms with Crippen LogP contribution >= 0.6 is 0 Å². The minimum absolute atomic E-state index is 0.0701. The predicted octanol–water partition coefficient (Wildman–Crippen LogP) is 6.95. The van der Waals surface area contributed by atoms with E-state index in [9.17, 15) is 4.79 Å². The van der Waals surface area contributed by atoms with Crippen LogP contribution in [-0.4, -0.2) is 24.8 Å². The minimum atomic E-state index is -0.0701. The lowest BCUT2D eigenvalue weighted by Crippen LogP contribution is -1.99. The first-order valence-electron chi connectivity index (χ1n) is 11.5. The number of methoxy groups -OCH3 is 1. The van der Waals surface area contributed by atoms with Gasteiger partial charge in [0, 0.05) is 13.0 Å². The number of carbonyl (C=O) groups excluding carboxylic acids is 1. The van der Waals surface area contributed by atoms with Crippen molar-refractivity contribution in [1.82, 2.24) is 0 Å². The van der Waals surface area contributed by atoms with Crippen LogP contribution in [0.4, 0.5) is 0 Å². The topological polar surface area (TPSA) is 46.5 Å². The highest BCUT2D eigenvalue weighted by atomic mass is 16.5. The summed E-state index contributed by atoms with van der Waals surface area (Å²) in [6.07, 6.45) is 25.6. The van der Waals surface area contributed by atoms with Crippen LogP contribution in [0.3, 0.4) is 0 Å². The third kappa shape index (κ3) is 21.5. The average molecular weight is 371 g/mol. The predicted molar refractivity (Wildman–Crippen MR) is 111 cm³/mol. The van der Waals surface area contributed by atoms with Crippen molar-refractivity contribution in [2.75, 3.05) is 13.7 Å². The lowest BCUT2D eigenvalue weighted by molar-refractivity contribution is -0.140. The maximum atomic E-state index is 11.0. The van der Waals surface area contributed by atoms with Gasteiger partial charge < -0.3 is 9.84 Å². The van der Waals surface area contributed by atoms with Gasteiger partial charge in [-0.15, -0.1) is 0 Å². The molecular weight excluding hydrogens is 324 g/mol. The molecule has 0 saturated carbocycles. The summed E-state index contributed by atoms with van der Waals surface area (Å²) in [6.45, 7) is 0.360. The van der Waals surface area contributed by atoms with E-state index in [1.165, 1.54) is 110 Å². The van der Waals surface area contributed by atoms with Crippen molar-refractivity contribution >= 4 is 5.97 Å². The van der Waals surface area contributed by atoms with E-state index in [2.05, 4.69) is 4.74 Å². The Labute approximate surface area is 163 Å². The van der Waals surface area contributed by atoms with E-state index in [-0.39, 0.29) is 5.97 Å². The van der Waals surface area contributed by atoms with E-state index in [4.69, 9.17) is 5.11 Å². The third-order valence-electron chi connectivity index (χ3n) is 5.27. The molecule has 156 valence electrons. The SMILES string of the molecule is COC(=O)CCCCCCCCCCCCCCCCCCCCCO. The van der Waals surface area contributed by atoms with Crippen molar-refractivity contribution in [3.05, 3.63) is 0 Å². The molecule has 26 heavy (non-hydrogen) atoms. The molecule has 0 fully saturated rings. The number of hydrogen-bond donors (Lipinski definition) is 1. The summed E-state index contributed by atoms with van der Waals surface area (Å²) in [5.74, 6) is -0.0701. The molecule has 0 aromatic rings. The summed E-state index contributed by atoms with van der Waals surface area (Å²) in [6, 6.07) is 0. The molecule has 0 amide bonds. The van der Waals surface area contributed by atoms with E-state index in [0.29, 0.717) is 13.0 Å². The zero-order valence-corrected chi connectivity index (χ0v) is 17.6. The van der Waals surface area contributed by atoms with E-state index < -0.39 is 0 Å². The van der Waals surface area contributed by atoms with Gasteiger partial charge in [-0.05, 0) is 12.8 Å². The number of unbranched alkanes of at least 4 members (excludes halogenated alkanes) is 18. The van der Waals surface area contributed by atoms with E-state index in [0.717, 1.165) is 19.3 Å². The molecule has 0 aliphatic rings. The van der Waals surface area contributed by atoms with Crippen LogP contribution in [0.1, 0.15) is 128 Å². The fourth-order valence-electron chi connectivity index (χ4n) is 3.49. The summed E-state index contributed by atoms with van der Waals surface area (Å²) in [7, 11) is 1.46. The van der Waals surface area contributed by atoms with E-state index >= 15 is 0 Å². The molecule has 0 bridgehead atoms. The molecule has 0 rings (SSSR count). The Kier molecular flexibility index (Phi) is 22.0. The molecule has 0 aliphatic carbocycles. The Morgan fingerprint density at radius 3 is 1.08 bits per heavy atom. The largest absolute Gasteiger partial charge is 0.469 e. The number of carbonyl (C=O) groups is 1. The van der Waals surface area contributed by atoms with E-state index in [1.807, 2.05) is 0 Å². The van der Waals surface area contributed by atoms with Crippen LogP contribution in [0.25, 0.3) is 0 Å². The molecule has 0 aromatic carbocycles. The first kappa shape index (κ1) is 25.4. The van der Waals surface area contributed by atoms with Crippen molar-refractivity contribution < 1.29 is 14.6 Å². The minimum Gasteiger partial charge on any atom is -0.469 e. The first-order valence-corrected chi connectivity index (χ1v) is 11.5. The fourth-order valence-corrected chi connectivity index (χ4v) is 3.49. The highest BCUT2D eigenvalue weighted by Gasteiger charge is 1.99. The maximum absolute atomic E-state index is 11.0. The van der Waals surface area contributed by atoms with Gasteiger partial charge in [-0.2, -0.15) is 0 Å². The van der Waals surface area contributed by atoms with Crippen LogP contribution in [0.15, 0.2) is 0 Å². The van der Waals surface area contributed by atoms with Crippen LogP contribution in [0.2, 0.25) is 0 Å². The molecule has 3 heteroatoms. The number of ether oxygens (including phenoxy) is 1. The maximum Gasteiger partial charge on any atom is 0.305 e. The smallest absolute Gasteiger partial charge is 0.305 e. The second-order valence-electron chi connectivity index (χ2n) is 7.77. The van der Waals surface area contributed by atoms with Gasteiger partial charge in [0.05, 0.1) is 7.11 Å². The Morgan fingerprint density at radius 1 is 0.538 bits per heavy atom. The number of esters is 1. The van der Waals surface area contributed by atoms with Crippen molar-refractivity contribution in [3.63, 3.8) is 0 Å². The van der Waals surface area contributed by atoms with Crippen LogP contribution in [-0.2, 0) is 9.53 Å². The van der Waals surface area contributed by atoms with Gasteiger partial charge in [-0.25, -0.2) is 0 Å². The fraction of sp³-hybridized carbons (Fsp3) is 0.957. The average Bonchev–Trinajstić information content (AvgIpc) is 2.66.